The number of rotatable bonds is 2. The molecule has 0 saturated carbocycles. The van der Waals surface area contributed by atoms with Crippen molar-refractivity contribution in [2.75, 3.05) is 4.90 Å². The number of anilines is 1. The molecule has 7 heteroatoms. The van der Waals surface area contributed by atoms with Gasteiger partial charge in [-0.25, -0.2) is 18.1 Å². The highest BCUT2D eigenvalue weighted by Crippen LogP contribution is 2.25. The van der Waals surface area contributed by atoms with E-state index in [2.05, 4.69) is 5.32 Å². The van der Waals surface area contributed by atoms with Gasteiger partial charge in [0.25, 0.3) is 5.91 Å². The first-order valence-electron chi connectivity index (χ1n) is 6.54. The van der Waals surface area contributed by atoms with E-state index < -0.39 is 23.4 Å². The topological polar surface area (TPSA) is 32.3 Å². The van der Waals surface area contributed by atoms with Crippen LogP contribution in [0.1, 0.15) is 5.56 Å². The largest absolute Gasteiger partial charge is 0.327 e. The molecule has 0 aliphatic carbocycles. The molecule has 0 aromatic heterocycles. The van der Waals surface area contributed by atoms with Crippen LogP contribution in [0.25, 0.3) is 6.08 Å². The van der Waals surface area contributed by atoms with Crippen LogP contribution in [0.3, 0.4) is 0 Å². The molecule has 116 valence electrons. The van der Waals surface area contributed by atoms with Crippen molar-refractivity contribution in [3.05, 3.63) is 71.2 Å². The summed E-state index contributed by atoms with van der Waals surface area (Å²) in [5, 5.41) is 2.55. The summed E-state index contributed by atoms with van der Waals surface area (Å²) in [6, 6.07) is 9.23. The number of hydrogen-bond acceptors (Lipinski definition) is 2. The first-order chi connectivity index (χ1) is 11.0. The molecule has 1 saturated heterocycles. The molecule has 3 nitrogen and oxygen atoms in total. The predicted octanol–water partition coefficient (Wildman–Crippen LogP) is 3.37. The van der Waals surface area contributed by atoms with E-state index in [1.807, 2.05) is 0 Å². The quantitative estimate of drug-likeness (QED) is 0.675. The van der Waals surface area contributed by atoms with E-state index in [4.69, 9.17) is 12.2 Å². The number of hydrogen-bond donors (Lipinski definition) is 1. The van der Waals surface area contributed by atoms with E-state index in [-0.39, 0.29) is 22.1 Å². The Morgan fingerprint density at radius 3 is 2.43 bits per heavy atom. The lowest BCUT2D eigenvalue weighted by molar-refractivity contribution is -0.113. The van der Waals surface area contributed by atoms with Crippen molar-refractivity contribution in [1.29, 1.82) is 0 Å². The summed E-state index contributed by atoms with van der Waals surface area (Å²) >= 11 is 5.03. The lowest BCUT2D eigenvalue weighted by atomic mass is 10.1. The molecule has 2 aromatic rings. The maximum Gasteiger partial charge on any atom is 0.281 e. The van der Waals surface area contributed by atoms with Crippen molar-refractivity contribution < 1.29 is 18.0 Å². The molecule has 0 radical (unpaired) electrons. The minimum Gasteiger partial charge on any atom is -0.327 e. The maximum absolute atomic E-state index is 13.8. The highest BCUT2D eigenvalue weighted by Gasteiger charge is 2.33. The van der Waals surface area contributed by atoms with Crippen LogP contribution in [0.5, 0.6) is 0 Å². The van der Waals surface area contributed by atoms with Crippen LogP contribution in [-0.4, -0.2) is 11.0 Å². The number of amides is 1. The van der Waals surface area contributed by atoms with E-state index in [0.29, 0.717) is 0 Å². The van der Waals surface area contributed by atoms with Gasteiger partial charge in [-0.15, -0.1) is 0 Å². The summed E-state index contributed by atoms with van der Waals surface area (Å²) < 4.78 is 40.8. The molecule has 1 aliphatic rings. The highest BCUT2D eigenvalue weighted by molar-refractivity contribution is 7.80. The number of para-hydroxylation sites is 1. The summed E-state index contributed by atoms with van der Waals surface area (Å²) in [6.07, 6.45) is 1.13. The summed E-state index contributed by atoms with van der Waals surface area (Å²) in [4.78, 5) is 13.4. The number of carbonyl (C=O) groups is 1. The van der Waals surface area contributed by atoms with Gasteiger partial charge in [0.05, 0.1) is 5.69 Å². The number of carbonyl (C=O) groups excluding carboxylic acids is 1. The Balaban J connectivity index is 2.00. The Hall–Kier alpha value is -2.67. The van der Waals surface area contributed by atoms with Crippen molar-refractivity contribution >= 4 is 35.0 Å². The van der Waals surface area contributed by atoms with Crippen molar-refractivity contribution in [1.82, 2.24) is 5.32 Å². The van der Waals surface area contributed by atoms with Crippen LogP contribution in [0, 0.1) is 17.5 Å². The normalized spacial score (nSPS) is 16.1. The fourth-order valence-electron chi connectivity index (χ4n) is 2.17. The van der Waals surface area contributed by atoms with E-state index in [0.717, 1.165) is 17.0 Å². The summed E-state index contributed by atoms with van der Waals surface area (Å²) in [6.45, 7) is 0. The van der Waals surface area contributed by atoms with Crippen LogP contribution < -0.4 is 10.2 Å². The third kappa shape index (κ3) is 2.70. The lowest BCUT2D eigenvalue weighted by Crippen LogP contribution is -2.31. The average molecular weight is 334 g/mol. The van der Waals surface area contributed by atoms with Crippen LogP contribution in [0.4, 0.5) is 18.9 Å². The second-order valence-electron chi connectivity index (χ2n) is 4.72. The van der Waals surface area contributed by atoms with Crippen LogP contribution >= 0.6 is 12.2 Å². The average Bonchev–Trinajstić information content (AvgIpc) is 2.79. The van der Waals surface area contributed by atoms with Gasteiger partial charge >= 0.3 is 0 Å². The summed E-state index contributed by atoms with van der Waals surface area (Å²) in [5.74, 6) is -3.38. The standard InChI is InChI=1S/C16H9F3N2OS/c17-10-5-1-2-7-13(10)21-15(22)12(20-16(21)23)8-9-4-3-6-11(18)14(9)19/h1-8H,(H,20,23). The molecule has 0 bridgehead atoms. The van der Waals surface area contributed by atoms with Crippen molar-refractivity contribution in [2.24, 2.45) is 0 Å². The van der Waals surface area contributed by atoms with E-state index >= 15 is 0 Å². The van der Waals surface area contributed by atoms with Gasteiger partial charge in [0.2, 0.25) is 0 Å². The molecule has 1 fully saturated rings. The zero-order valence-electron chi connectivity index (χ0n) is 11.5. The third-order valence-corrected chi connectivity index (χ3v) is 3.54. The second-order valence-corrected chi connectivity index (χ2v) is 5.11. The summed E-state index contributed by atoms with van der Waals surface area (Å²) in [5.41, 5.74) is -0.195. The molecule has 0 spiro atoms. The minimum absolute atomic E-state index is 0.0156. The van der Waals surface area contributed by atoms with Gasteiger partial charge in [0, 0.05) is 5.56 Å². The van der Waals surface area contributed by atoms with Gasteiger partial charge in [-0.1, -0.05) is 24.3 Å². The molecule has 0 atom stereocenters. The van der Waals surface area contributed by atoms with Gasteiger partial charge in [-0.3, -0.25) is 4.79 Å². The number of nitrogens with zero attached hydrogens (tertiary/aromatic N) is 1. The molecule has 1 aliphatic heterocycles. The fraction of sp³-hybridized carbons (Fsp3) is 0. The first-order valence-corrected chi connectivity index (χ1v) is 6.95. The van der Waals surface area contributed by atoms with Crippen molar-refractivity contribution in [3.63, 3.8) is 0 Å². The molecule has 3 rings (SSSR count). The molecule has 1 amide bonds. The predicted molar refractivity (Wildman–Crippen MR) is 84.0 cm³/mol. The Morgan fingerprint density at radius 2 is 1.70 bits per heavy atom. The van der Waals surface area contributed by atoms with Gasteiger partial charge in [0.1, 0.15) is 11.5 Å². The zero-order chi connectivity index (χ0) is 16.6. The highest BCUT2D eigenvalue weighted by atomic mass is 32.1. The number of thiocarbonyl (C=S) groups is 1. The smallest absolute Gasteiger partial charge is 0.281 e. The maximum atomic E-state index is 13.8. The third-order valence-electron chi connectivity index (χ3n) is 3.25. The molecule has 1 N–H and O–H groups in total. The van der Waals surface area contributed by atoms with Crippen LogP contribution in [-0.2, 0) is 4.79 Å². The van der Waals surface area contributed by atoms with Crippen LogP contribution in [0.2, 0.25) is 0 Å². The van der Waals surface area contributed by atoms with Gasteiger partial charge < -0.3 is 5.32 Å². The van der Waals surface area contributed by atoms with Crippen molar-refractivity contribution in [3.8, 4) is 0 Å². The number of benzene rings is 2. The van der Waals surface area contributed by atoms with Gasteiger partial charge in [-0.05, 0) is 36.5 Å². The monoisotopic (exact) mass is 334 g/mol. The Bertz CT molecular complexity index is 851. The summed E-state index contributed by atoms with van der Waals surface area (Å²) in [7, 11) is 0. The zero-order valence-corrected chi connectivity index (χ0v) is 12.3. The lowest BCUT2D eigenvalue weighted by Gasteiger charge is -2.14. The Kier molecular flexibility index (Phi) is 3.87. The Morgan fingerprint density at radius 1 is 1.00 bits per heavy atom. The van der Waals surface area contributed by atoms with E-state index in [1.165, 1.54) is 30.3 Å². The number of nitrogens with one attached hydrogen (secondary N) is 1. The molecular weight excluding hydrogens is 325 g/mol. The molecule has 0 unspecified atom stereocenters. The minimum atomic E-state index is -1.08. The molecule has 23 heavy (non-hydrogen) atoms. The van der Waals surface area contributed by atoms with Crippen molar-refractivity contribution in [2.45, 2.75) is 0 Å². The van der Waals surface area contributed by atoms with Crippen LogP contribution in [0.15, 0.2) is 48.2 Å². The fourth-order valence-corrected chi connectivity index (χ4v) is 2.47. The van der Waals surface area contributed by atoms with E-state index in [9.17, 15) is 18.0 Å². The second kappa shape index (κ2) is 5.85. The number of halogens is 3. The van der Waals surface area contributed by atoms with Gasteiger partial charge in [0.15, 0.2) is 16.7 Å². The SMILES string of the molecule is O=C1C(=Cc2cccc(F)c2F)NC(=S)N1c1ccccc1F. The molecular formula is C16H9F3N2OS. The Labute approximate surface area is 135 Å². The van der Waals surface area contributed by atoms with E-state index in [1.54, 1.807) is 6.07 Å². The molecule has 1 heterocycles. The van der Waals surface area contributed by atoms with Gasteiger partial charge in [-0.2, -0.15) is 0 Å². The molecule has 2 aromatic carbocycles. The first kappa shape index (κ1) is 15.2.